The summed E-state index contributed by atoms with van der Waals surface area (Å²) in [6.45, 7) is 3.83. The van der Waals surface area contributed by atoms with Crippen molar-refractivity contribution in [2.75, 3.05) is 5.32 Å². The number of sulfone groups is 1. The molecule has 1 amide bonds. The average Bonchev–Trinajstić information content (AvgIpc) is 2.89. The van der Waals surface area contributed by atoms with Gasteiger partial charge in [-0.1, -0.05) is 55.0 Å². The zero-order valence-electron chi connectivity index (χ0n) is 12.6. The number of halogens is 1. The van der Waals surface area contributed by atoms with Gasteiger partial charge in [0.25, 0.3) is 0 Å². The van der Waals surface area contributed by atoms with Crippen molar-refractivity contribution in [1.29, 1.82) is 0 Å². The molecule has 0 aliphatic heterocycles. The summed E-state index contributed by atoms with van der Waals surface area (Å²) in [5.74, 6) is -0.279. The van der Waals surface area contributed by atoms with E-state index in [-0.39, 0.29) is 27.0 Å². The molecule has 0 aliphatic rings. The van der Waals surface area contributed by atoms with Crippen LogP contribution in [0.25, 0.3) is 0 Å². The van der Waals surface area contributed by atoms with E-state index in [1.54, 1.807) is 24.3 Å². The molecule has 0 atom stereocenters. The lowest BCUT2D eigenvalue weighted by molar-refractivity contribution is -0.116. The quantitative estimate of drug-likeness (QED) is 0.785. The van der Waals surface area contributed by atoms with Crippen molar-refractivity contribution in [3.8, 4) is 0 Å². The van der Waals surface area contributed by atoms with Crippen LogP contribution in [0.2, 0.25) is 5.02 Å². The molecule has 0 saturated carbocycles. The molecule has 0 aliphatic carbocycles. The minimum absolute atomic E-state index is 0.141. The summed E-state index contributed by atoms with van der Waals surface area (Å²) in [7, 11) is -3.66. The molecule has 0 fully saturated rings. The van der Waals surface area contributed by atoms with Gasteiger partial charge in [0.1, 0.15) is 0 Å². The first-order valence-electron chi connectivity index (χ1n) is 6.87. The lowest BCUT2D eigenvalue weighted by Gasteiger charge is -2.03. The van der Waals surface area contributed by atoms with Crippen LogP contribution in [0.1, 0.15) is 25.8 Å². The number of nitrogens with one attached hydrogen (secondary N) is 1. The minimum atomic E-state index is -3.66. The smallest absolute Gasteiger partial charge is 0.234 e. The van der Waals surface area contributed by atoms with E-state index in [4.69, 9.17) is 11.6 Å². The van der Waals surface area contributed by atoms with Gasteiger partial charge in [-0.05, 0) is 17.5 Å². The Hall–Kier alpha value is -1.51. The lowest BCUT2D eigenvalue weighted by atomic mass is 10.1. The second-order valence-electron chi connectivity index (χ2n) is 5.37. The van der Waals surface area contributed by atoms with Crippen molar-refractivity contribution in [3.05, 3.63) is 34.9 Å². The van der Waals surface area contributed by atoms with Gasteiger partial charge in [-0.15, -0.1) is 10.2 Å². The first-order chi connectivity index (χ1) is 10.8. The Bertz CT molecular complexity index is 803. The molecule has 0 unspecified atom stereocenters. The number of rotatable bonds is 6. The number of nitrogens with zero attached hydrogens (tertiary/aromatic N) is 2. The number of amides is 1. The van der Waals surface area contributed by atoms with Crippen LogP contribution in [-0.2, 0) is 20.4 Å². The molecule has 1 aromatic heterocycles. The van der Waals surface area contributed by atoms with Gasteiger partial charge in [0.15, 0.2) is 0 Å². The van der Waals surface area contributed by atoms with Crippen molar-refractivity contribution in [2.24, 2.45) is 5.92 Å². The second kappa shape index (κ2) is 7.37. The monoisotopic (exact) mass is 373 g/mol. The third kappa shape index (κ3) is 4.98. The first kappa shape index (κ1) is 17.8. The molecular weight excluding hydrogens is 358 g/mol. The number of aromatic nitrogens is 2. The normalized spacial score (nSPS) is 11.7. The van der Waals surface area contributed by atoms with Gasteiger partial charge in [0, 0.05) is 11.4 Å². The predicted octanol–water partition coefficient (Wildman–Crippen LogP) is 3.15. The maximum atomic E-state index is 12.4. The fourth-order valence-electron chi connectivity index (χ4n) is 1.81. The highest BCUT2D eigenvalue weighted by Crippen LogP contribution is 2.26. The number of carbonyl (C=O) groups is 1. The summed E-state index contributed by atoms with van der Waals surface area (Å²) in [4.78, 5) is 11.7. The molecule has 124 valence electrons. The van der Waals surface area contributed by atoms with Gasteiger partial charge >= 0.3 is 0 Å². The van der Waals surface area contributed by atoms with Gasteiger partial charge in [0.05, 0.1) is 5.75 Å². The summed E-state index contributed by atoms with van der Waals surface area (Å²) in [5.41, 5.74) is 0.495. The van der Waals surface area contributed by atoms with Crippen molar-refractivity contribution in [1.82, 2.24) is 10.2 Å². The van der Waals surface area contributed by atoms with Gasteiger partial charge in [-0.25, -0.2) is 8.42 Å². The third-order valence-corrected chi connectivity index (χ3v) is 6.13. The molecule has 9 heteroatoms. The molecule has 0 spiro atoms. The van der Waals surface area contributed by atoms with Gasteiger partial charge < -0.3 is 5.32 Å². The fraction of sp³-hybridized carbons (Fsp3) is 0.357. The minimum Gasteiger partial charge on any atom is -0.300 e. The Morgan fingerprint density at radius 3 is 2.65 bits per heavy atom. The molecule has 0 bridgehead atoms. The summed E-state index contributed by atoms with van der Waals surface area (Å²) in [6, 6.07) is 6.72. The summed E-state index contributed by atoms with van der Waals surface area (Å²) in [6.07, 6.45) is 0.335. The average molecular weight is 374 g/mol. The van der Waals surface area contributed by atoms with E-state index in [9.17, 15) is 13.2 Å². The molecule has 1 N–H and O–H groups in total. The Morgan fingerprint density at radius 1 is 1.30 bits per heavy atom. The highest BCUT2D eigenvalue weighted by atomic mass is 35.5. The van der Waals surface area contributed by atoms with E-state index >= 15 is 0 Å². The topological polar surface area (TPSA) is 89.0 Å². The van der Waals surface area contributed by atoms with Crippen LogP contribution in [-0.4, -0.2) is 24.5 Å². The third-order valence-electron chi connectivity index (χ3n) is 2.82. The fourth-order valence-corrected chi connectivity index (χ4v) is 4.46. The zero-order chi connectivity index (χ0) is 17.0. The SMILES string of the molecule is CC(C)CC(=O)Nc1nnc(S(=O)(=O)Cc2ccccc2Cl)s1. The molecule has 0 saturated heterocycles. The summed E-state index contributed by atoms with van der Waals surface area (Å²) >= 11 is 6.82. The Kier molecular flexibility index (Phi) is 5.72. The molecule has 2 aromatic rings. The maximum absolute atomic E-state index is 12.4. The van der Waals surface area contributed by atoms with Crippen LogP contribution in [0.4, 0.5) is 5.13 Å². The van der Waals surface area contributed by atoms with Crippen molar-refractivity contribution in [2.45, 2.75) is 30.4 Å². The number of carbonyl (C=O) groups excluding carboxylic acids is 1. The summed E-state index contributed by atoms with van der Waals surface area (Å²) < 4.78 is 24.6. The van der Waals surface area contributed by atoms with Crippen LogP contribution in [0.5, 0.6) is 0 Å². The van der Waals surface area contributed by atoms with Crippen molar-refractivity contribution in [3.63, 3.8) is 0 Å². The molecule has 0 radical (unpaired) electrons. The van der Waals surface area contributed by atoms with E-state index in [1.165, 1.54) is 0 Å². The van der Waals surface area contributed by atoms with Gasteiger partial charge in [-0.2, -0.15) is 0 Å². The number of benzene rings is 1. The lowest BCUT2D eigenvalue weighted by Crippen LogP contribution is -2.13. The van der Waals surface area contributed by atoms with Crippen LogP contribution in [0.3, 0.4) is 0 Å². The summed E-state index contributed by atoms with van der Waals surface area (Å²) in [5, 5.41) is 10.5. The molecular formula is C14H16ClN3O3S2. The molecule has 2 rings (SSSR count). The maximum Gasteiger partial charge on any atom is 0.234 e. The van der Waals surface area contributed by atoms with Crippen LogP contribution in [0, 0.1) is 5.92 Å². The second-order valence-corrected chi connectivity index (χ2v) is 8.92. The number of anilines is 1. The zero-order valence-corrected chi connectivity index (χ0v) is 15.0. The van der Waals surface area contributed by atoms with E-state index in [0.717, 1.165) is 11.3 Å². The van der Waals surface area contributed by atoms with Crippen LogP contribution < -0.4 is 5.32 Å². The largest absolute Gasteiger partial charge is 0.300 e. The molecule has 1 heterocycles. The molecule has 23 heavy (non-hydrogen) atoms. The van der Waals surface area contributed by atoms with E-state index < -0.39 is 9.84 Å². The van der Waals surface area contributed by atoms with E-state index in [1.807, 2.05) is 13.8 Å². The number of hydrogen-bond donors (Lipinski definition) is 1. The van der Waals surface area contributed by atoms with Crippen LogP contribution >= 0.6 is 22.9 Å². The van der Waals surface area contributed by atoms with Gasteiger partial charge in [0.2, 0.25) is 25.2 Å². The molecule has 6 nitrogen and oxygen atoms in total. The Balaban J connectivity index is 2.12. The standard InChI is InChI=1S/C14H16ClN3O3S2/c1-9(2)7-12(19)16-13-17-18-14(22-13)23(20,21)8-10-5-3-4-6-11(10)15/h3-6,9H,7-8H2,1-2H3,(H,16,17,19). The Morgan fingerprint density at radius 2 is 2.00 bits per heavy atom. The Labute approximate surface area is 143 Å². The van der Waals surface area contributed by atoms with Gasteiger partial charge in [-0.3, -0.25) is 4.79 Å². The highest BCUT2D eigenvalue weighted by Gasteiger charge is 2.22. The van der Waals surface area contributed by atoms with E-state index in [2.05, 4.69) is 15.5 Å². The first-order valence-corrected chi connectivity index (χ1v) is 9.72. The van der Waals surface area contributed by atoms with E-state index in [0.29, 0.717) is 17.0 Å². The van der Waals surface area contributed by atoms with Crippen LogP contribution in [0.15, 0.2) is 28.6 Å². The molecule has 1 aromatic carbocycles. The number of hydrogen-bond acceptors (Lipinski definition) is 6. The van der Waals surface area contributed by atoms with Crippen molar-refractivity contribution < 1.29 is 13.2 Å². The predicted molar refractivity (Wildman–Crippen MR) is 90.3 cm³/mol. The van der Waals surface area contributed by atoms with Crippen molar-refractivity contribution >= 4 is 43.8 Å². The highest BCUT2D eigenvalue weighted by molar-refractivity contribution is 7.92.